The Morgan fingerprint density at radius 2 is 1.90 bits per heavy atom. The number of benzene rings is 2. The third-order valence-electron chi connectivity index (χ3n) is 5.40. The largest absolute Gasteiger partial charge is 0.497 e. The van der Waals surface area contributed by atoms with E-state index < -0.39 is 0 Å². The van der Waals surface area contributed by atoms with E-state index in [2.05, 4.69) is 29.7 Å². The van der Waals surface area contributed by atoms with Gasteiger partial charge >= 0.3 is 0 Å². The fraction of sp³-hybridized carbons (Fsp3) is 0.435. The number of methoxy groups -OCH3 is 1. The molecular formula is C23H30ClN3O2. The van der Waals surface area contributed by atoms with Crippen LogP contribution in [0.4, 0.5) is 0 Å². The first kappa shape index (κ1) is 21.5. The molecule has 0 bridgehead atoms. The average Bonchev–Trinajstić information content (AvgIpc) is 2.76. The molecule has 5 nitrogen and oxygen atoms in total. The van der Waals surface area contributed by atoms with Gasteiger partial charge in [-0.25, -0.2) is 4.99 Å². The van der Waals surface area contributed by atoms with Crippen molar-refractivity contribution in [3.8, 4) is 5.75 Å². The first-order chi connectivity index (χ1) is 14.1. The van der Waals surface area contributed by atoms with Crippen molar-refractivity contribution in [2.45, 2.75) is 31.7 Å². The van der Waals surface area contributed by atoms with Gasteiger partial charge in [0.15, 0.2) is 5.96 Å². The second-order valence-electron chi connectivity index (χ2n) is 7.30. The van der Waals surface area contributed by atoms with Gasteiger partial charge in [0, 0.05) is 36.7 Å². The van der Waals surface area contributed by atoms with E-state index in [-0.39, 0.29) is 5.41 Å². The molecule has 0 aliphatic carbocycles. The summed E-state index contributed by atoms with van der Waals surface area (Å²) in [7, 11) is 1.69. The summed E-state index contributed by atoms with van der Waals surface area (Å²) < 4.78 is 11.0. The van der Waals surface area contributed by atoms with Crippen molar-refractivity contribution in [3.05, 3.63) is 64.7 Å². The summed E-state index contributed by atoms with van der Waals surface area (Å²) in [6.45, 7) is 5.79. The molecule has 2 aromatic carbocycles. The van der Waals surface area contributed by atoms with Crippen LogP contribution < -0.4 is 15.4 Å². The quantitative estimate of drug-likeness (QED) is 0.526. The van der Waals surface area contributed by atoms with E-state index in [1.165, 1.54) is 5.56 Å². The predicted octanol–water partition coefficient (Wildman–Crippen LogP) is 4.15. The Hall–Kier alpha value is -2.24. The number of aliphatic imine (C=N–C) groups is 1. The van der Waals surface area contributed by atoms with Crippen LogP contribution in [-0.2, 0) is 16.7 Å². The van der Waals surface area contributed by atoms with E-state index >= 15 is 0 Å². The SMILES string of the molecule is CCNC(=NCc1cccc(Cl)c1)NCC1(c2ccc(OC)cc2)CCOCC1. The Kier molecular flexibility index (Phi) is 7.78. The number of nitrogens with zero attached hydrogens (tertiary/aromatic N) is 1. The van der Waals surface area contributed by atoms with Crippen LogP contribution in [0.2, 0.25) is 5.02 Å². The summed E-state index contributed by atoms with van der Waals surface area (Å²) in [4.78, 5) is 4.75. The maximum atomic E-state index is 6.09. The highest BCUT2D eigenvalue weighted by Gasteiger charge is 2.34. The van der Waals surface area contributed by atoms with Gasteiger partial charge in [-0.15, -0.1) is 0 Å². The van der Waals surface area contributed by atoms with Crippen molar-refractivity contribution in [1.29, 1.82) is 0 Å². The number of ether oxygens (including phenoxy) is 2. The van der Waals surface area contributed by atoms with Crippen LogP contribution in [-0.4, -0.2) is 39.4 Å². The lowest BCUT2D eigenvalue weighted by Crippen LogP contribution is -2.48. The fourth-order valence-corrected chi connectivity index (χ4v) is 3.89. The molecule has 3 rings (SSSR count). The van der Waals surface area contributed by atoms with Crippen LogP contribution >= 0.6 is 11.6 Å². The molecule has 0 saturated carbocycles. The molecule has 6 heteroatoms. The van der Waals surface area contributed by atoms with E-state index in [1.807, 2.05) is 36.4 Å². The minimum atomic E-state index is 0.0107. The molecule has 1 aliphatic heterocycles. The highest BCUT2D eigenvalue weighted by molar-refractivity contribution is 6.30. The predicted molar refractivity (Wildman–Crippen MR) is 119 cm³/mol. The standard InChI is InChI=1S/C23H30ClN3O2/c1-3-25-22(26-16-18-5-4-6-20(24)15-18)27-17-23(11-13-29-14-12-23)19-7-9-21(28-2)10-8-19/h4-10,15H,3,11-14,16-17H2,1-2H3,(H2,25,26,27). The number of rotatable bonds is 7. The number of hydrogen-bond acceptors (Lipinski definition) is 3. The molecule has 0 spiro atoms. The van der Waals surface area contributed by atoms with Crippen LogP contribution in [0.1, 0.15) is 30.9 Å². The van der Waals surface area contributed by atoms with Crippen molar-refractivity contribution < 1.29 is 9.47 Å². The summed E-state index contributed by atoms with van der Waals surface area (Å²) in [5.74, 6) is 1.69. The van der Waals surface area contributed by atoms with Gasteiger partial charge < -0.3 is 20.1 Å². The Bertz CT molecular complexity index is 802. The fourth-order valence-electron chi connectivity index (χ4n) is 3.67. The van der Waals surface area contributed by atoms with Gasteiger partial charge in [0.25, 0.3) is 0 Å². The van der Waals surface area contributed by atoms with Gasteiger partial charge in [-0.05, 0) is 55.2 Å². The van der Waals surface area contributed by atoms with Crippen molar-refractivity contribution in [2.75, 3.05) is 33.4 Å². The molecule has 1 heterocycles. The lowest BCUT2D eigenvalue weighted by molar-refractivity contribution is 0.0513. The molecule has 156 valence electrons. The molecule has 2 N–H and O–H groups in total. The van der Waals surface area contributed by atoms with Gasteiger partial charge in [0.1, 0.15) is 5.75 Å². The van der Waals surface area contributed by atoms with E-state index in [0.29, 0.717) is 6.54 Å². The Labute approximate surface area is 178 Å². The Morgan fingerprint density at radius 1 is 1.14 bits per heavy atom. The zero-order valence-electron chi connectivity index (χ0n) is 17.2. The number of guanidine groups is 1. The van der Waals surface area contributed by atoms with Crippen LogP contribution in [0, 0.1) is 0 Å². The highest BCUT2D eigenvalue weighted by Crippen LogP contribution is 2.35. The maximum absolute atomic E-state index is 6.09. The molecule has 0 aromatic heterocycles. The molecule has 0 amide bonds. The van der Waals surface area contributed by atoms with Gasteiger partial charge in [0.2, 0.25) is 0 Å². The third-order valence-corrected chi connectivity index (χ3v) is 5.63. The number of halogens is 1. The second-order valence-corrected chi connectivity index (χ2v) is 7.74. The first-order valence-corrected chi connectivity index (χ1v) is 10.5. The second kappa shape index (κ2) is 10.5. The van der Waals surface area contributed by atoms with Crippen molar-refractivity contribution in [3.63, 3.8) is 0 Å². The number of nitrogens with one attached hydrogen (secondary N) is 2. The summed E-state index contributed by atoms with van der Waals surface area (Å²) >= 11 is 6.09. The average molecular weight is 416 g/mol. The summed E-state index contributed by atoms with van der Waals surface area (Å²) in [5, 5.41) is 7.64. The summed E-state index contributed by atoms with van der Waals surface area (Å²) in [5.41, 5.74) is 2.40. The minimum Gasteiger partial charge on any atom is -0.497 e. The van der Waals surface area contributed by atoms with Crippen molar-refractivity contribution in [2.24, 2.45) is 4.99 Å². The lowest BCUT2D eigenvalue weighted by atomic mass is 9.74. The Balaban J connectivity index is 1.74. The van der Waals surface area contributed by atoms with Crippen LogP contribution in [0.5, 0.6) is 5.75 Å². The summed E-state index contributed by atoms with van der Waals surface area (Å²) in [6.07, 6.45) is 1.94. The van der Waals surface area contributed by atoms with Gasteiger partial charge in [-0.3, -0.25) is 0 Å². The summed E-state index contributed by atoms with van der Waals surface area (Å²) in [6, 6.07) is 16.2. The van der Waals surface area contributed by atoms with E-state index in [1.54, 1.807) is 7.11 Å². The van der Waals surface area contributed by atoms with Crippen LogP contribution in [0.3, 0.4) is 0 Å². The first-order valence-electron chi connectivity index (χ1n) is 10.1. The molecule has 29 heavy (non-hydrogen) atoms. The van der Waals surface area contributed by atoms with Crippen molar-refractivity contribution >= 4 is 17.6 Å². The number of hydrogen-bond donors (Lipinski definition) is 2. The van der Waals surface area contributed by atoms with Gasteiger partial charge in [-0.2, -0.15) is 0 Å². The normalized spacial score (nSPS) is 16.3. The van der Waals surface area contributed by atoms with E-state index in [4.69, 9.17) is 26.1 Å². The smallest absolute Gasteiger partial charge is 0.191 e. The monoisotopic (exact) mass is 415 g/mol. The minimum absolute atomic E-state index is 0.0107. The highest BCUT2D eigenvalue weighted by atomic mass is 35.5. The molecular weight excluding hydrogens is 386 g/mol. The molecule has 0 atom stereocenters. The zero-order valence-corrected chi connectivity index (χ0v) is 18.0. The molecule has 1 aliphatic rings. The molecule has 1 saturated heterocycles. The lowest BCUT2D eigenvalue weighted by Gasteiger charge is -2.38. The van der Waals surface area contributed by atoms with E-state index in [9.17, 15) is 0 Å². The van der Waals surface area contributed by atoms with Crippen LogP contribution in [0.25, 0.3) is 0 Å². The maximum Gasteiger partial charge on any atom is 0.191 e. The third kappa shape index (κ3) is 5.87. The molecule has 1 fully saturated rings. The van der Waals surface area contributed by atoms with Gasteiger partial charge in [-0.1, -0.05) is 35.9 Å². The van der Waals surface area contributed by atoms with Crippen LogP contribution in [0.15, 0.2) is 53.5 Å². The Morgan fingerprint density at radius 3 is 2.55 bits per heavy atom. The van der Waals surface area contributed by atoms with Crippen molar-refractivity contribution in [1.82, 2.24) is 10.6 Å². The molecule has 2 aromatic rings. The van der Waals surface area contributed by atoms with E-state index in [0.717, 1.165) is 61.4 Å². The molecule has 0 radical (unpaired) electrons. The zero-order chi connectivity index (χ0) is 20.5. The molecule has 0 unspecified atom stereocenters. The topological polar surface area (TPSA) is 54.9 Å². The van der Waals surface area contributed by atoms with Gasteiger partial charge in [0.05, 0.1) is 13.7 Å².